The lowest BCUT2D eigenvalue weighted by atomic mass is 10.2. The van der Waals surface area contributed by atoms with Crippen LogP contribution in [0.3, 0.4) is 0 Å². The molecule has 0 bridgehead atoms. The Bertz CT molecular complexity index is 663. The van der Waals surface area contributed by atoms with Gasteiger partial charge in [-0.3, -0.25) is 4.79 Å². The zero-order valence-electron chi connectivity index (χ0n) is 11.7. The number of carbonyl (C=O) groups excluding carboxylic acids is 1. The van der Waals surface area contributed by atoms with Crippen LogP contribution in [0.5, 0.6) is 0 Å². The molecule has 0 saturated carbocycles. The second kappa shape index (κ2) is 6.54. The van der Waals surface area contributed by atoms with Crippen LogP contribution in [0.2, 0.25) is 5.02 Å². The molecule has 0 spiro atoms. The van der Waals surface area contributed by atoms with E-state index < -0.39 is 5.82 Å². The first kappa shape index (κ1) is 15.3. The van der Waals surface area contributed by atoms with Crippen molar-refractivity contribution in [2.24, 2.45) is 0 Å². The molecule has 0 fully saturated rings. The Kier molecular flexibility index (Phi) is 4.75. The van der Waals surface area contributed by atoms with E-state index in [9.17, 15) is 9.18 Å². The van der Waals surface area contributed by atoms with E-state index in [2.05, 4.69) is 10.3 Å². The summed E-state index contributed by atoms with van der Waals surface area (Å²) in [6.45, 7) is 2.60. The van der Waals surface area contributed by atoms with Crippen molar-refractivity contribution in [3.8, 4) is 0 Å². The van der Waals surface area contributed by atoms with Gasteiger partial charge in [0.25, 0.3) is 5.91 Å². The van der Waals surface area contributed by atoms with E-state index in [4.69, 9.17) is 11.6 Å². The van der Waals surface area contributed by atoms with Crippen molar-refractivity contribution in [3.63, 3.8) is 0 Å². The summed E-state index contributed by atoms with van der Waals surface area (Å²) in [5.74, 6) is -0.321. The molecule has 2 rings (SSSR count). The van der Waals surface area contributed by atoms with Crippen LogP contribution in [0.1, 0.15) is 17.3 Å². The van der Waals surface area contributed by atoms with E-state index in [-0.39, 0.29) is 11.6 Å². The molecule has 1 aromatic carbocycles. The predicted molar refractivity (Wildman–Crippen MR) is 82.5 cm³/mol. The summed E-state index contributed by atoms with van der Waals surface area (Å²) in [6, 6.07) is 7.60. The zero-order chi connectivity index (χ0) is 15.4. The van der Waals surface area contributed by atoms with Crippen molar-refractivity contribution >= 4 is 29.0 Å². The van der Waals surface area contributed by atoms with Gasteiger partial charge in [-0.2, -0.15) is 0 Å². The molecule has 0 unspecified atom stereocenters. The summed E-state index contributed by atoms with van der Waals surface area (Å²) in [5.41, 5.74) is 0.502. The SMILES string of the molecule is CCNc1ncc(C(=O)N(C)c2ccccc2F)cc1Cl. The van der Waals surface area contributed by atoms with Crippen LogP contribution in [0, 0.1) is 5.82 Å². The van der Waals surface area contributed by atoms with Crippen LogP contribution in [0.4, 0.5) is 15.9 Å². The number of amides is 1. The summed E-state index contributed by atoms with van der Waals surface area (Å²) in [5, 5.41) is 3.34. The van der Waals surface area contributed by atoms with Crippen molar-refractivity contribution in [1.29, 1.82) is 0 Å². The van der Waals surface area contributed by atoms with Gasteiger partial charge in [0.2, 0.25) is 0 Å². The fourth-order valence-electron chi connectivity index (χ4n) is 1.88. The quantitative estimate of drug-likeness (QED) is 0.939. The first-order chi connectivity index (χ1) is 10.0. The highest BCUT2D eigenvalue weighted by atomic mass is 35.5. The number of hydrogen-bond acceptors (Lipinski definition) is 3. The van der Waals surface area contributed by atoms with Crippen LogP contribution in [-0.2, 0) is 0 Å². The standard InChI is InChI=1S/C15H15ClFN3O/c1-3-18-14-11(16)8-10(9-19-14)15(21)20(2)13-7-5-4-6-12(13)17/h4-9H,3H2,1-2H3,(H,18,19). The summed E-state index contributed by atoms with van der Waals surface area (Å²) in [7, 11) is 1.51. The van der Waals surface area contributed by atoms with Crippen LogP contribution in [0.25, 0.3) is 0 Å². The number of rotatable bonds is 4. The largest absolute Gasteiger partial charge is 0.369 e. The number of halogens is 2. The number of aromatic nitrogens is 1. The van der Waals surface area contributed by atoms with E-state index in [0.29, 0.717) is 22.9 Å². The Labute approximate surface area is 127 Å². The van der Waals surface area contributed by atoms with E-state index in [1.807, 2.05) is 6.92 Å². The second-order valence-electron chi connectivity index (χ2n) is 4.40. The average Bonchev–Trinajstić information content (AvgIpc) is 2.48. The van der Waals surface area contributed by atoms with Crippen LogP contribution in [0.15, 0.2) is 36.5 Å². The number of benzene rings is 1. The Morgan fingerprint density at radius 3 is 2.76 bits per heavy atom. The van der Waals surface area contributed by atoms with Gasteiger partial charge in [-0.1, -0.05) is 23.7 Å². The smallest absolute Gasteiger partial charge is 0.259 e. The molecule has 0 atom stereocenters. The van der Waals surface area contributed by atoms with Gasteiger partial charge in [0, 0.05) is 19.8 Å². The number of hydrogen-bond donors (Lipinski definition) is 1. The molecule has 0 radical (unpaired) electrons. The van der Waals surface area contributed by atoms with Gasteiger partial charge < -0.3 is 10.2 Å². The first-order valence-corrected chi connectivity index (χ1v) is 6.84. The first-order valence-electron chi connectivity index (χ1n) is 6.46. The van der Waals surface area contributed by atoms with Crippen molar-refractivity contribution in [1.82, 2.24) is 4.98 Å². The van der Waals surface area contributed by atoms with Crippen molar-refractivity contribution in [2.45, 2.75) is 6.92 Å². The van der Waals surface area contributed by atoms with Crippen LogP contribution < -0.4 is 10.2 Å². The minimum Gasteiger partial charge on any atom is -0.369 e. The van der Waals surface area contributed by atoms with Crippen molar-refractivity contribution < 1.29 is 9.18 Å². The average molecular weight is 308 g/mol. The lowest BCUT2D eigenvalue weighted by Crippen LogP contribution is -2.27. The van der Waals surface area contributed by atoms with E-state index >= 15 is 0 Å². The minimum atomic E-state index is -0.461. The minimum absolute atomic E-state index is 0.203. The molecule has 2 aromatic rings. The maximum Gasteiger partial charge on any atom is 0.259 e. The third-order valence-electron chi connectivity index (χ3n) is 2.95. The van der Waals surface area contributed by atoms with Gasteiger partial charge in [0.1, 0.15) is 11.6 Å². The molecule has 4 nitrogen and oxygen atoms in total. The fraction of sp³-hybridized carbons (Fsp3) is 0.200. The molecule has 0 aliphatic carbocycles. The van der Waals surface area contributed by atoms with Crippen molar-refractivity contribution in [2.75, 3.05) is 23.8 Å². The normalized spacial score (nSPS) is 10.3. The summed E-state index contributed by atoms with van der Waals surface area (Å²) in [6.07, 6.45) is 1.42. The predicted octanol–water partition coefficient (Wildman–Crippen LogP) is 3.58. The van der Waals surface area contributed by atoms with Crippen LogP contribution in [-0.4, -0.2) is 24.5 Å². The second-order valence-corrected chi connectivity index (χ2v) is 4.81. The molecule has 110 valence electrons. The molecule has 1 heterocycles. The Balaban J connectivity index is 2.28. The highest BCUT2D eigenvalue weighted by molar-refractivity contribution is 6.33. The lowest BCUT2D eigenvalue weighted by Gasteiger charge is -2.18. The Hall–Kier alpha value is -2.14. The molecular formula is C15H15ClFN3O. The topological polar surface area (TPSA) is 45.2 Å². The van der Waals surface area contributed by atoms with Gasteiger partial charge in [0.15, 0.2) is 0 Å². The Morgan fingerprint density at radius 2 is 2.14 bits per heavy atom. The number of nitrogens with one attached hydrogen (secondary N) is 1. The lowest BCUT2D eigenvalue weighted by molar-refractivity contribution is 0.0992. The van der Waals surface area contributed by atoms with Gasteiger partial charge >= 0.3 is 0 Å². The molecular weight excluding hydrogens is 293 g/mol. The number of pyridine rings is 1. The number of nitrogens with zero attached hydrogens (tertiary/aromatic N) is 2. The molecule has 0 aliphatic rings. The molecule has 1 amide bonds. The summed E-state index contributed by atoms with van der Waals surface area (Å²) in [4.78, 5) is 17.7. The highest BCUT2D eigenvalue weighted by Crippen LogP contribution is 2.23. The third kappa shape index (κ3) is 3.31. The third-order valence-corrected chi connectivity index (χ3v) is 3.24. The van der Waals surface area contributed by atoms with Gasteiger partial charge in [-0.15, -0.1) is 0 Å². The highest BCUT2D eigenvalue weighted by Gasteiger charge is 2.17. The number of para-hydroxylation sites is 1. The van der Waals surface area contributed by atoms with Gasteiger partial charge in [-0.05, 0) is 25.1 Å². The summed E-state index contributed by atoms with van der Waals surface area (Å²) < 4.78 is 13.7. The molecule has 21 heavy (non-hydrogen) atoms. The Morgan fingerprint density at radius 1 is 1.43 bits per heavy atom. The van der Waals surface area contributed by atoms with Gasteiger partial charge in [-0.25, -0.2) is 9.37 Å². The van der Waals surface area contributed by atoms with E-state index in [1.54, 1.807) is 12.1 Å². The van der Waals surface area contributed by atoms with Gasteiger partial charge in [0.05, 0.1) is 16.3 Å². The maximum atomic E-state index is 13.7. The molecule has 6 heteroatoms. The van der Waals surface area contributed by atoms with Crippen LogP contribution >= 0.6 is 11.6 Å². The van der Waals surface area contributed by atoms with E-state index in [0.717, 1.165) is 0 Å². The molecule has 1 N–H and O–H groups in total. The monoisotopic (exact) mass is 307 g/mol. The molecule has 0 aliphatic heterocycles. The van der Waals surface area contributed by atoms with E-state index in [1.165, 1.54) is 36.3 Å². The van der Waals surface area contributed by atoms with Crippen molar-refractivity contribution in [3.05, 3.63) is 52.9 Å². The summed E-state index contributed by atoms with van der Waals surface area (Å²) >= 11 is 6.06. The zero-order valence-corrected chi connectivity index (χ0v) is 12.5. The molecule has 1 aromatic heterocycles. The number of anilines is 2. The fourth-order valence-corrected chi connectivity index (χ4v) is 2.11. The molecule has 0 saturated heterocycles. The number of carbonyl (C=O) groups is 1. The maximum absolute atomic E-state index is 13.7.